The average Bonchev–Trinajstić information content (AvgIpc) is 2.24. The molecule has 0 amide bonds. The van der Waals surface area contributed by atoms with Crippen LogP contribution < -0.4 is 0 Å². The van der Waals surface area contributed by atoms with E-state index in [1.807, 2.05) is 6.92 Å². The summed E-state index contributed by atoms with van der Waals surface area (Å²) in [5, 5.41) is 0. The minimum atomic E-state index is -0.100. The standard InChI is InChI=1S/C14H30O2/c1-8-13(4,5)10-15-12(3)16-11-14(6,7)9-2/h12H,8-11H2,1-7H3. The summed E-state index contributed by atoms with van der Waals surface area (Å²) in [6, 6.07) is 0. The quantitative estimate of drug-likeness (QED) is 0.581. The van der Waals surface area contributed by atoms with Gasteiger partial charge in [0.15, 0.2) is 6.29 Å². The van der Waals surface area contributed by atoms with Gasteiger partial charge in [-0.05, 0) is 30.6 Å². The van der Waals surface area contributed by atoms with Gasteiger partial charge in [0, 0.05) is 0 Å². The molecule has 0 radical (unpaired) electrons. The van der Waals surface area contributed by atoms with Gasteiger partial charge < -0.3 is 9.47 Å². The van der Waals surface area contributed by atoms with Crippen molar-refractivity contribution in [3.8, 4) is 0 Å². The molecule has 0 fully saturated rings. The molecular formula is C14H30O2. The van der Waals surface area contributed by atoms with Gasteiger partial charge in [0.2, 0.25) is 0 Å². The van der Waals surface area contributed by atoms with E-state index >= 15 is 0 Å². The molecule has 0 unspecified atom stereocenters. The molecule has 16 heavy (non-hydrogen) atoms. The summed E-state index contributed by atoms with van der Waals surface area (Å²) in [5.74, 6) is 0. The first-order valence-corrected chi connectivity index (χ1v) is 6.45. The van der Waals surface area contributed by atoms with E-state index in [9.17, 15) is 0 Å². The first kappa shape index (κ1) is 15.9. The Morgan fingerprint density at radius 1 is 0.812 bits per heavy atom. The Balaban J connectivity index is 3.79. The van der Waals surface area contributed by atoms with Gasteiger partial charge in [-0.15, -0.1) is 0 Å². The van der Waals surface area contributed by atoms with Gasteiger partial charge in [-0.1, -0.05) is 41.5 Å². The van der Waals surface area contributed by atoms with Gasteiger partial charge in [0.1, 0.15) is 0 Å². The van der Waals surface area contributed by atoms with Crippen LogP contribution in [-0.4, -0.2) is 19.5 Å². The smallest absolute Gasteiger partial charge is 0.154 e. The average molecular weight is 230 g/mol. The molecule has 0 aliphatic rings. The van der Waals surface area contributed by atoms with Crippen LogP contribution in [0.2, 0.25) is 0 Å². The zero-order valence-corrected chi connectivity index (χ0v) is 12.2. The summed E-state index contributed by atoms with van der Waals surface area (Å²) >= 11 is 0. The lowest BCUT2D eigenvalue weighted by atomic mass is 9.91. The molecule has 0 aliphatic carbocycles. The summed E-state index contributed by atoms with van der Waals surface area (Å²) < 4.78 is 11.4. The number of ether oxygens (including phenoxy) is 2. The van der Waals surface area contributed by atoms with E-state index in [1.54, 1.807) is 0 Å². The van der Waals surface area contributed by atoms with Crippen LogP contribution in [0.25, 0.3) is 0 Å². The molecule has 0 saturated carbocycles. The molecular weight excluding hydrogens is 200 g/mol. The maximum absolute atomic E-state index is 5.72. The first-order chi connectivity index (χ1) is 7.22. The molecule has 0 N–H and O–H groups in total. The largest absolute Gasteiger partial charge is 0.352 e. The van der Waals surface area contributed by atoms with Crippen LogP contribution in [-0.2, 0) is 9.47 Å². The molecule has 0 atom stereocenters. The molecule has 0 aromatic carbocycles. The fourth-order valence-electron chi connectivity index (χ4n) is 0.938. The number of rotatable bonds is 8. The van der Waals surface area contributed by atoms with Crippen LogP contribution in [0.4, 0.5) is 0 Å². The van der Waals surface area contributed by atoms with Crippen LogP contribution >= 0.6 is 0 Å². The first-order valence-electron chi connectivity index (χ1n) is 6.45. The molecule has 0 aliphatic heterocycles. The lowest BCUT2D eigenvalue weighted by molar-refractivity contribution is -0.162. The Bertz CT molecular complexity index is 165. The SMILES string of the molecule is CCC(C)(C)COC(C)OCC(C)(C)CC. The van der Waals surface area contributed by atoms with Gasteiger partial charge >= 0.3 is 0 Å². The van der Waals surface area contributed by atoms with Crippen molar-refractivity contribution in [1.29, 1.82) is 0 Å². The van der Waals surface area contributed by atoms with Gasteiger partial charge in [0.25, 0.3) is 0 Å². The lowest BCUT2D eigenvalue weighted by Crippen LogP contribution is -2.27. The Kier molecular flexibility index (Phi) is 6.57. The normalized spacial score (nSPS) is 13.5. The third kappa shape index (κ3) is 7.24. The molecule has 0 bridgehead atoms. The van der Waals surface area contributed by atoms with Crippen LogP contribution in [0.5, 0.6) is 0 Å². The van der Waals surface area contributed by atoms with Crippen LogP contribution in [0.1, 0.15) is 61.3 Å². The Hall–Kier alpha value is -0.0800. The molecule has 0 aromatic heterocycles. The monoisotopic (exact) mass is 230 g/mol. The van der Waals surface area contributed by atoms with Crippen molar-refractivity contribution in [1.82, 2.24) is 0 Å². The highest BCUT2D eigenvalue weighted by atomic mass is 16.7. The van der Waals surface area contributed by atoms with Gasteiger partial charge in [-0.25, -0.2) is 0 Å². The van der Waals surface area contributed by atoms with E-state index in [2.05, 4.69) is 41.5 Å². The molecule has 0 heterocycles. The van der Waals surface area contributed by atoms with Gasteiger partial charge in [-0.3, -0.25) is 0 Å². The summed E-state index contributed by atoms with van der Waals surface area (Å²) in [7, 11) is 0. The Morgan fingerprint density at radius 2 is 1.12 bits per heavy atom. The molecule has 98 valence electrons. The summed E-state index contributed by atoms with van der Waals surface area (Å²) in [5.41, 5.74) is 0.496. The van der Waals surface area contributed by atoms with E-state index in [1.165, 1.54) is 0 Å². The van der Waals surface area contributed by atoms with Crippen LogP contribution in [0.3, 0.4) is 0 Å². The molecule has 0 rings (SSSR count). The van der Waals surface area contributed by atoms with Crippen molar-refractivity contribution < 1.29 is 9.47 Å². The fraction of sp³-hybridized carbons (Fsp3) is 1.00. The summed E-state index contributed by atoms with van der Waals surface area (Å²) in [6.07, 6.45) is 2.15. The van der Waals surface area contributed by atoms with E-state index in [0.717, 1.165) is 26.1 Å². The van der Waals surface area contributed by atoms with E-state index < -0.39 is 0 Å². The van der Waals surface area contributed by atoms with Crippen molar-refractivity contribution in [3.05, 3.63) is 0 Å². The maximum atomic E-state index is 5.72. The minimum absolute atomic E-state index is 0.100. The maximum Gasteiger partial charge on any atom is 0.154 e. The summed E-state index contributed by atoms with van der Waals surface area (Å²) in [6.45, 7) is 16.8. The molecule has 0 aromatic rings. The summed E-state index contributed by atoms with van der Waals surface area (Å²) in [4.78, 5) is 0. The number of hydrogen-bond acceptors (Lipinski definition) is 2. The van der Waals surface area contributed by atoms with E-state index in [4.69, 9.17) is 9.47 Å². The highest BCUT2D eigenvalue weighted by Crippen LogP contribution is 2.23. The topological polar surface area (TPSA) is 18.5 Å². The molecule has 0 saturated heterocycles. The van der Waals surface area contributed by atoms with Crippen LogP contribution in [0, 0.1) is 10.8 Å². The zero-order valence-electron chi connectivity index (χ0n) is 12.2. The second-order valence-corrected chi connectivity index (χ2v) is 6.23. The zero-order chi connectivity index (χ0) is 12.8. The van der Waals surface area contributed by atoms with Crippen LogP contribution in [0.15, 0.2) is 0 Å². The minimum Gasteiger partial charge on any atom is -0.352 e. The predicted octanol–water partition coefficient (Wildman–Crippen LogP) is 4.24. The molecule has 0 spiro atoms. The fourth-order valence-corrected chi connectivity index (χ4v) is 0.938. The van der Waals surface area contributed by atoms with E-state index in [-0.39, 0.29) is 17.1 Å². The van der Waals surface area contributed by atoms with Crippen molar-refractivity contribution in [2.24, 2.45) is 10.8 Å². The predicted molar refractivity (Wildman–Crippen MR) is 69.5 cm³/mol. The molecule has 2 nitrogen and oxygen atoms in total. The second kappa shape index (κ2) is 6.61. The van der Waals surface area contributed by atoms with Crippen molar-refractivity contribution in [2.45, 2.75) is 67.6 Å². The highest BCUT2D eigenvalue weighted by molar-refractivity contribution is 4.66. The lowest BCUT2D eigenvalue weighted by Gasteiger charge is -2.28. The molecule has 2 heteroatoms. The third-order valence-electron chi connectivity index (χ3n) is 3.33. The van der Waals surface area contributed by atoms with Crippen molar-refractivity contribution in [3.63, 3.8) is 0 Å². The van der Waals surface area contributed by atoms with Gasteiger partial charge in [0.05, 0.1) is 13.2 Å². The van der Waals surface area contributed by atoms with E-state index in [0.29, 0.717) is 0 Å². The second-order valence-electron chi connectivity index (χ2n) is 6.23. The Morgan fingerprint density at radius 3 is 1.38 bits per heavy atom. The van der Waals surface area contributed by atoms with Crippen molar-refractivity contribution in [2.75, 3.05) is 13.2 Å². The Labute approximate surface area is 102 Å². The van der Waals surface area contributed by atoms with Crippen molar-refractivity contribution >= 4 is 0 Å². The highest BCUT2D eigenvalue weighted by Gasteiger charge is 2.20. The van der Waals surface area contributed by atoms with Gasteiger partial charge in [-0.2, -0.15) is 0 Å². The number of hydrogen-bond donors (Lipinski definition) is 0. The third-order valence-corrected chi connectivity index (χ3v) is 3.33.